The molecule has 0 spiro atoms. The van der Waals surface area contributed by atoms with E-state index in [9.17, 15) is 9.18 Å². The molecule has 3 aromatic carbocycles. The number of ether oxygens (including phenoxy) is 2. The normalized spacial score (nSPS) is 15.6. The number of nitrogens with zero attached hydrogens (tertiary/aromatic N) is 1. The number of rotatable bonds is 7. The van der Waals surface area contributed by atoms with Crippen LogP contribution in [0.4, 0.5) is 10.1 Å². The van der Waals surface area contributed by atoms with Gasteiger partial charge in [-0.1, -0.05) is 18.2 Å². The van der Waals surface area contributed by atoms with Gasteiger partial charge in [0.1, 0.15) is 23.9 Å². The first-order chi connectivity index (χ1) is 16.4. The fourth-order valence-electron chi connectivity index (χ4n) is 3.10. The first kappa shape index (κ1) is 25.0. The van der Waals surface area contributed by atoms with Crippen molar-refractivity contribution in [1.82, 2.24) is 5.32 Å². The molecule has 1 saturated heterocycles. The smallest absolute Gasteiger partial charge is 0.264 e. The van der Waals surface area contributed by atoms with E-state index in [4.69, 9.17) is 9.47 Å². The number of aliphatic imine (C=N–C) groups is 1. The molecule has 34 heavy (non-hydrogen) atoms. The second kappa shape index (κ2) is 11.5. The Morgan fingerprint density at radius 3 is 2.44 bits per heavy atom. The van der Waals surface area contributed by atoms with Gasteiger partial charge in [-0.25, -0.2) is 9.38 Å². The molecular weight excluding hydrogens is 681 g/mol. The van der Waals surface area contributed by atoms with Gasteiger partial charge in [-0.05, 0) is 118 Å². The molecule has 3 aromatic rings. The quantitative estimate of drug-likeness (QED) is 0.215. The number of carbonyl (C=O) groups excluding carboxylic acids is 1. The van der Waals surface area contributed by atoms with Crippen molar-refractivity contribution in [2.45, 2.75) is 13.5 Å². The molecule has 0 aliphatic carbocycles. The Bertz CT molecular complexity index is 1260. The largest absolute Gasteiger partial charge is 0.494 e. The molecule has 0 radical (unpaired) electrons. The number of benzene rings is 3. The summed E-state index contributed by atoms with van der Waals surface area (Å²) in [6.45, 7) is 2.67. The van der Waals surface area contributed by atoms with Gasteiger partial charge in [0.25, 0.3) is 5.91 Å². The highest BCUT2D eigenvalue weighted by atomic mass is 127. The number of halogens is 3. The third kappa shape index (κ3) is 6.30. The van der Waals surface area contributed by atoms with Crippen LogP contribution in [0, 0.1) is 13.0 Å². The van der Waals surface area contributed by atoms with Crippen LogP contribution in [0.1, 0.15) is 18.1 Å². The van der Waals surface area contributed by atoms with Crippen molar-refractivity contribution in [2.24, 2.45) is 4.99 Å². The molecule has 1 amide bonds. The first-order valence-corrected chi connectivity index (χ1v) is 13.3. The summed E-state index contributed by atoms with van der Waals surface area (Å²) in [5.41, 5.74) is 2.10. The molecule has 4 rings (SSSR count). The topological polar surface area (TPSA) is 59.9 Å². The van der Waals surface area contributed by atoms with E-state index >= 15 is 0 Å². The Morgan fingerprint density at radius 1 is 1.06 bits per heavy atom. The SMILES string of the molecule is CCOc1ccc(N=C2NC(=O)/C(=C\c3cc(I)c(OCc4ccccc4F)c(I)c3)S2)cc1. The summed E-state index contributed by atoms with van der Waals surface area (Å²) in [5.74, 6) is 0.981. The first-order valence-electron chi connectivity index (χ1n) is 10.3. The lowest BCUT2D eigenvalue weighted by molar-refractivity contribution is -0.115. The van der Waals surface area contributed by atoms with E-state index in [1.54, 1.807) is 18.2 Å². The number of amidine groups is 1. The van der Waals surface area contributed by atoms with Crippen LogP contribution in [-0.4, -0.2) is 17.7 Å². The number of hydrogen-bond donors (Lipinski definition) is 1. The van der Waals surface area contributed by atoms with E-state index < -0.39 is 0 Å². The van der Waals surface area contributed by atoms with Crippen molar-refractivity contribution in [2.75, 3.05) is 6.61 Å². The zero-order chi connectivity index (χ0) is 24.1. The van der Waals surface area contributed by atoms with Gasteiger partial charge in [0.05, 0.1) is 24.3 Å². The number of amides is 1. The second-order valence-corrected chi connectivity index (χ2v) is 10.5. The van der Waals surface area contributed by atoms with Crippen LogP contribution < -0.4 is 14.8 Å². The zero-order valence-corrected chi connectivity index (χ0v) is 23.1. The fourth-order valence-corrected chi connectivity index (χ4v) is 6.07. The average molecular weight is 700 g/mol. The predicted octanol–water partition coefficient (Wildman–Crippen LogP) is 6.90. The molecular formula is C25H19FI2N2O3S. The van der Waals surface area contributed by atoms with Crippen LogP contribution in [0.15, 0.2) is 70.6 Å². The van der Waals surface area contributed by atoms with E-state index in [2.05, 4.69) is 55.5 Å². The van der Waals surface area contributed by atoms with E-state index in [1.807, 2.05) is 49.4 Å². The molecule has 0 bridgehead atoms. The van der Waals surface area contributed by atoms with Crippen LogP contribution in [0.5, 0.6) is 11.5 Å². The van der Waals surface area contributed by atoms with Gasteiger partial charge in [0.2, 0.25) is 0 Å². The van der Waals surface area contributed by atoms with Crippen molar-refractivity contribution in [3.63, 3.8) is 0 Å². The lowest BCUT2D eigenvalue weighted by Gasteiger charge is -2.12. The van der Waals surface area contributed by atoms with Crippen LogP contribution in [0.2, 0.25) is 0 Å². The number of thioether (sulfide) groups is 1. The van der Waals surface area contributed by atoms with E-state index in [1.165, 1.54) is 17.8 Å². The summed E-state index contributed by atoms with van der Waals surface area (Å²) >= 11 is 5.67. The highest BCUT2D eigenvalue weighted by Crippen LogP contribution is 2.33. The summed E-state index contributed by atoms with van der Waals surface area (Å²) in [6.07, 6.45) is 1.83. The van der Waals surface area contributed by atoms with E-state index in [-0.39, 0.29) is 18.3 Å². The lowest BCUT2D eigenvalue weighted by Crippen LogP contribution is -2.19. The van der Waals surface area contributed by atoms with E-state index in [0.717, 1.165) is 24.1 Å². The number of hydrogen-bond acceptors (Lipinski definition) is 5. The molecule has 0 saturated carbocycles. The lowest BCUT2D eigenvalue weighted by atomic mass is 10.2. The Morgan fingerprint density at radius 2 is 1.76 bits per heavy atom. The summed E-state index contributed by atoms with van der Waals surface area (Å²) < 4.78 is 27.0. The van der Waals surface area contributed by atoms with Gasteiger partial charge in [-0.15, -0.1) is 0 Å². The monoisotopic (exact) mass is 700 g/mol. The minimum absolute atomic E-state index is 0.142. The minimum Gasteiger partial charge on any atom is -0.494 e. The van der Waals surface area contributed by atoms with Crippen molar-refractivity contribution < 1.29 is 18.7 Å². The van der Waals surface area contributed by atoms with Crippen molar-refractivity contribution in [3.05, 3.63) is 89.7 Å². The van der Waals surface area contributed by atoms with Crippen LogP contribution in [-0.2, 0) is 11.4 Å². The maximum Gasteiger partial charge on any atom is 0.264 e. The molecule has 174 valence electrons. The van der Waals surface area contributed by atoms with Gasteiger partial charge in [0, 0.05) is 5.56 Å². The Hall–Kier alpha value is -2.12. The second-order valence-electron chi connectivity index (χ2n) is 7.10. The molecule has 9 heteroatoms. The Labute approximate surface area is 228 Å². The Balaban J connectivity index is 1.48. The summed E-state index contributed by atoms with van der Waals surface area (Å²) in [6, 6.07) is 17.8. The maximum atomic E-state index is 13.9. The molecule has 1 N–H and O–H groups in total. The molecule has 0 aromatic heterocycles. The standard InChI is InChI=1S/C25H19FI2N2O3S/c1-2-32-18-9-7-17(8-10-18)29-25-30-24(31)22(34-25)13-15-11-20(27)23(21(28)12-15)33-14-16-5-3-4-6-19(16)26/h3-13H,2,14H2,1H3,(H,29,30,31)/b22-13+. The highest BCUT2D eigenvalue weighted by molar-refractivity contribution is 14.1. The maximum absolute atomic E-state index is 13.9. The summed E-state index contributed by atoms with van der Waals surface area (Å²) in [4.78, 5) is 17.5. The molecule has 5 nitrogen and oxygen atoms in total. The highest BCUT2D eigenvalue weighted by Gasteiger charge is 2.24. The number of nitrogens with one attached hydrogen (secondary N) is 1. The third-order valence-electron chi connectivity index (χ3n) is 4.68. The summed E-state index contributed by atoms with van der Waals surface area (Å²) in [7, 11) is 0. The molecule has 1 aliphatic heterocycles. The molecule has 0 unspecified atom stereocenters. The van der Waals surface area contributed by atoms with Crippen LogP contribution in [0.25, 0.3) is 6.08 Å². The fraction of sp³-hybridized carbons (Fsp3) is 0.120. The van der Waals surface area contributed by atoms with Crippen molar-refractivity contribution in [1.29, 1.82) is 0 Å². The van der Waals surface area contributed by atoms with Crippen LogP contribution >= 0.6 is 56.9 Å². The average Bonchev–Trinajstić information content (AvgIpc) is 3.14. The van der Waals surface area contributed by atoms with Crippen molar-refractivity contribution in [3.8, 4) is 11.5 Å². The van der Waals surface area contributed by atoms with Gasteiger partial charge >= 0.3 is 0 Å². The van der Waals surface area contributed by atoms with Gasteiger partial charge in [-0.2, -0.15) is 0 Å². The summed E-state index contributed by atoms with van der Waals surface area (Å²) in [5, 5.41) is 3.33. The molecule has 0 atom stereocenters. The molecule has 1 fully saturated rings. The van der Waals surface area contributed by atoms with Gasteiger partial charge < -0.3 is 14.8 Å². The van der Waals surface area contributed by atoms with Crippen molar-refractivity contribution >= 4 is 79.8 Å². The van der Waals surface area contributed by atoms with Gasteiger partial charge in [-0.3, -0.25) is 4.79 Å². The molecule has 1 aliphatic rings. The minimum atomic E-state index is -0.291. The van der Waals surface area contributed by atoms with Gasteiger partial charge in [0.15, 0.2) is 5.17 Å². The molecule has 1 heterocycles. The van der Waals surface area contributed by atoms with E-state index in [0.29, 0.717) is 28.0 Å². The van der Waals surface area contributed by atoms with Crippen LogP contribution in [0.3, 0.4) is 0 Å². The number of carbonyl (C=O) groups is 1. The predicted molar refractivity (Wildman–Crippen MR) is 151 cm³/mol. The zero-order valence-electron chi connectivity index (χ0n) is 18.0. The Kier molecular flexibility index (Phi) is 8.48. The third-order valence-corrected chi connectivity index (χ3v) is 7.19.